The maximum absolute atomic E-state index is 14.9. The Bertz CT molecular complexity index is 1010. The van der Waals surface area contributed by atoms with Crippen molar-refractivity contribution in [2.75, 3.05) is 6.61 Å². The molecule has 0 aromatic heterocycles. The van der Waals surface area contributed by atoms with E-state index >= 15 is 0 Å². The summed E-state index contributed by atoms with van der Waals surface area (Å²) in [5.41, 5.74) is 5.04. The second-order valence-corrected chi connectivity index (χ2v) is 8.26. The van der Waals surface area contributed by atoms with Gasteiger partial charge < -0.3 is 4.74 Å². The summed E-state index contributed by atoms with van der Waals surface area (Å²) in [6.45, 7) is 6.79. The lowest BCUT2D eigenvalue weighted by Gasteiger charge is -2.11. The summed E-state index contributed by atoms with van der Waals surface area (Å²) < 4.78 is 35.0. The Labute approximate surface area is 185 Å². The number of aryl methyl sites for hydroxylation is 2. The number of hydrogen-bond acceptors (Lipinski definition) is 1. The van der Waals surface area contributed by atoms with Crippen LogP contribution in [0.25, 0.3) is 22.3 Å². The van der Waals surface area contributed by atoms with Gasteiger partial charge in [0.1, 0.15) is 5.82 Å². The van der Waals surface area contributed by atoms with Gasteiger partial charge in [-0.3, -0.25) is 0 Å². The van der Waals surface area contributed by atoms with Crippen molar-refractivity contribution in [1.29, 1.82) is 0 Å². The number of rotatable bonds is 10. The second kappa shape index (κ2) is 11.1. The number of unbranched alkanes of at least 4 members (excludes halogenated alkanes) is 5. The van der Waals surface area contributed by atoms with Crippen LogP contribution in [-0.2, 0) is 0 Å². The predicted octanol–water partition coefficient (Wildman–Crippen LogP) is 8.65. The molecular formula is C28H32F2O. The Balaban J connectivity index is 1.66. The molecular weight excluding hydrogens is 390 g/mol. The van der Waals surface area contributed by atoms with Gasteiger partial charge in [-0.05, 0) is 66.3 Å². The average Bonchev–Trinajstić information content (AvgIpc) is 2.76. The van der Waals surface area contributed by atoms with Crippen LogP contribution >= 0.6 is 0 Å². The third-order valence-electron chi connectivity index (χ3n) is 5.81. The quantitative estimate of drug-likeness (QED) is 0.297. The molecule has 0 spiro atoms. The molecule has 0 heterocycles. The Hall–Kier alpha value is -2.68. The van der Waals surface area contributed by atoms with Crippen LogP contribution in [0.3, 0.4) is 0 Å². The number of hydrogen-bond donors (Lipinski definition) is 0. The average molecular weight is 423 g/mol. The molecule has 0 saturated heterocycles. The molecule has 0 unspecified atom stereocenters. The van der Waals surface area contributed by atoms with E-state index in [0.717, 1.165) is 24.0 Å². The van der Waals surface area contributed by atoms with Gasteiger partial charge in [-0.2, -0.15) is 0 Å². The molecule has 3 heteroatoms. The Morgan fingerprint density at radius 1 is 0.645 bits per heavy atom. The zero-order chi connectivity index (χ0) is 22.2. The molecule has 31 heavy (non-hydrogen) atoms. The van der Waals surface area contributed by atoms with Gasteiger partial charge in [0.25, 0.3) is 0 Å². The summed E-state index contributed by atoms with van der Waals surface area (Å²) in [7, 11) is 0. The fraction of sp³-hybridized carbons (Fsp3) is 0.357. The lowest BCUT2D eigenvalue weighted by molar-refractivity contribution is 0.290. The maximum Gasteiger partial charge on any atom is 0.165 e. The highest BCUT2D eigenvalue weighted by molar-refractivity contribution is 5.72. The van der Waals surface area contributed by atoms with Gasteiger partial charge in [0.2, 0.25) is 0 Å². The summed E-state index contributed by atoms with van der Waals surface area (Å²) in [5, 5.41) is 0. The van der Waals surface area contributed by atoms with E-state index in [0.29, 0.717) is 17.7 Å². The van der Waals surface area contributed by atoms with Crippen LogP contribution < -0.4 is 4.74 Å². The van der Waals surface area contributed by atoms with Crippen molar-refractivity contribution < 1.29 is 13.5 Å². The first-order valence-electron chi connectivity index (χ1n) is 11.3. The first-order valence-corrected chi connectivity index (χ1v) is 11.3. The van der Waals surface area contributed by atoms with Crippen molar-refractivity contribution in [3.8, 4) is 28.0 Å². The molecule has 0 N–H and O–H groups in total. The predicted molar refractivity (Wildman–Crippen MR) is 126 cm³/mol. The summed E-state index contributed by atoms with van der Waals surface area (Å²) >= 11 is 0. The van der Waals surface area contributed by atoms with E-state index < -0.39 is 5.82 Å². The fourth-order valence-electron chi connectivity index (χ4n) is 3.70. The van der Waals surface area contributed by atoms with E-state index in [2.05, 4.69) is 19.9 Å². The zero-order valence-corrected chi connectivity index (χ0v) is 18.8. The third kappa shape index (κ3) is 6.16. The third-order valence-corrected chi connectivity index (χ3v) is 5.81. The van der Waals surface area contributed by atoms with Crippen molar-refractivity contribution in [2.45, 2.75) is 59.3 Å². The van der Waals surface area contributed by atoms with Crippen LogP contribution in [0.4, 0.5) is 8.78 Å². The monoisotopic (exact) mass is 422 g/mol. The van der Waals surface area contributed by atoms with Crippen LogP contribution in [0.5, 0.6) is 5.75 Å². The molecule has 0 atom stereocenters. The van der Waals surface area contributed by atoms with E-state index in [1.54, 1.807) is 18.2 Å². The number of ether oxygens (including phenoxy) is 1. The van der Waals surface area contributed by atoms with Crippen LogP contribution in [0.1, 0.15) is 56.6 Å². The van der Waals surface area contributed by atoms with E-state index in [9.17, 15) is 8.78 Å². The Kier molecular flexibility index (Phi) is 8.22. The van der Waals surface area contributed by atoms with Crippen LogP contribution in [0.2, 0.25) is 0 Å². The van der Waals surface area contributed by atoms with Crippen LogP contribution in [0, 0.1) is 25.5 Å². The molecule has 0 amide bonds. The highest BCUT2D eigenvalue weighted by atomic mass is 19.1. The van der Waals surface area contributed by atoms with Gasteiger partial charge in [-0.25, -0.2) is 8.78 Å². The molecule has 3 rings (SSSR count). The molecule has 0 bridgehead atoms. The first-order chi connectivity index (χ1) is 15.0. The van der Waals surface area contributed by atoms with Crippen molar-refractivity contribution >= 4 is 0 Å². The second-order valence-electron chi connectivity index (χ2n) is 8.26. The summed E-state index contributed by atoms with van der Waals surface area (Å²) in [6, 6.07) is 15.9. The summed E-state index contributed by atoms with van der Waals surface area (Å²) in [5.74, 6) is -0.596. The maximum atomic E-state index is 14.9. The smallest absolute Gasteiger partial charge is 0.165 e. The molecule has 0 fully saturated rings. The van der Waals surface area contributed by atoms with Gasteiger partial charge in [-0.15, -0.1) is 0 Å². The van der Waals surface area contributed by atoms with Crippen LogP contribution in [0.15, 0.2) is 54.6 Å². The molecule has 0 aliphatic heterocycles. The summed E-state index contributed by atoms with van der Waals surface area (Å²) in [6.07, 6.45) is 6.93. The van der Waals surface area contributed by atoms with Crippen molar-refractivity contribution in [2.24, 2.45) is 0 Å². The minimum absolute atomic E-state index is 0.226. The van der Waals surface area contributed by atoms with Crippen molar-refractivity contribution in [3.05, 3.63) is 77.4 Å². The highest BCUT2D eigenvalue weighted by Crippen LogP contribution is 2.31. The minimum Gasteiger partial charge on any atom is -0.491 e. The molecule has 164 valence electrons. The fourth-order valence-corrected chi connectivity index (χ4v) is 3.70. The molecule has 0 radical (unpaired) electrons. The first kappa shape index (κ1) is 23.0. The van der Waals surface area contributed by atoms with Crippen LogP contribution in [-0.4, -0.2) is 6.61 Å². The van der Waals surface area contributed by atoms with Crippen molar-refractivity contribution in [3.63, 3.8) is 0 Å². The standard InChI is InChI=1S/C28H32F2O/c1-4-5-6-7-8-9-16-31-28-15-13-24(19-27(28)30)25-14-12-23(18-26(25)29)22-11-10-20(2)21(3)17-22/h10-15,17-19H,4-9,16H2,1-3H3. The molecule has 1 nitrogen and oxygen atoms in total. The van der Waals surface area contributed by atoms with E-state index in [1.165, 1.54) is 48.9 Å². The van der Waals surface area contributed by atoms with E-state index in [4.69, 9.17) is 4.74 Å². The Morgan fingerprint density at radius 2 is 1.29 bits per heavy atom. The Morgan fingerprint density at radius 3 is 2.00 bits per heavy atom. The molecule has 3 aromatic rings. The molecule has 0 aliphatic carbocycles. The van der Waals surface area contributed by atoms with Gasteiger partial charge in [0, 0.05) is 5.56 Å². The topological polar surface area (TPSA) is 9.23 Å². The van der Waals surface area contributed by atoms with Gasteiger partial charge in [0.05, 0.1) is 6.61 Å². The minimum atomic E-state index is -0.457. The van der Waals surface area contributed by atoms with E-state index in [1.807, 2.05) is 25.1 Å². The molecule has 0 aliphatic rings. The number of halogens is 2. The lowest BCUT2D eigenvalue weighted by atomic mass is 9.97. The van der Waals surface area contributed by atoms with Gasteiger partial charge >= 0.3 is 0 Å². The SMILES string of the molecule is CCCCCCCCOc1ccc(-c2ccc(-c3ccc(C)c(C)c3)cc2F)cc1F. The lowest BCUT2D eigenvalue weighted by Crippen LogP contribution is -1.99. The molecule has 0 saturated carbocycles. The largest absolute Gasteiger partial charge is 0.491 e. The van der Waals surface area contributed by atoms with Crippen molar-refractivity contribution in [1.82, 2.24) is 0 Å². The molecule has 3 aromatic carbocycles. The highest BCUT2D eigenvalue weighted by Gasteiger charge is 2.11. The summed E-state index contributed by atoms with van der Waals surface area (Å²) in [4.78, 5) is 0. The normalized spacial score (nSPS) is 11.0. The van der Waals surface area contributed by atoms with E-state index in [-0.39, 0.29) is 11.6 Å². The van der Waals surface area contributed by atoms with Gasteiger partial charge in [0.15, 0.2) is 11.6 Å². The zero-order valence-electron chi connectivity index (χ0n) is 18.8. The number of benzene rings is 3. The van der Waals surface area contributed by atoms with Gasteiger partial charge in [-0.1, -0.05) is 75.4 Å².